The molecule has 116 valence electrons. The van der Waals surface area contributed by atoms with Crippen molar-refractivity contribution < 1.29 is 23.8 Å². The molecule has 0 aromatic heterocycles. The van der Waals surface area contributed by atoms with Gasteiger partial charge in [0.2, 0.25) is 0 Å². The number of morpholine rings is 1. The Kier molecular flexibility index (Phi) is 5.14. The lowest BCUT2D eigenvalue weighted by molar-refractivity contribution is -0.142. The third kappa shape index (κ3) is 3.92. The van der Waals surface area contributed by atoms with Gasteiger partial charge in [0.25, 0.3) is 5.91 Å². The Hall–Kier alpha value is -1.66. The van der Waals surface area contributed by atoms with Crippen molar-refractivity contribution >= 4 is 5.91 Å². The first-order valence-electron chi connectivity index (χ1n) is 6.99. The molecular weight excluding hydrogens is 277 g/mol. The number of hydrogen-bond donors (Lipinski definition) is 1. The van der Waals surface area contributed by atoms with Gasteiger partial charge in [-0.2, -0.15) is 0 Å². The van der Waals surface area contributed by atoms with Crippen molar-refractivity contribution in [1.29, 1.82) is 0 Å². The monoisotopic (exact) mass is 297 g/mol. The number of amides is 1. The topological polar surface area (TPSA) is 59.0 Å². The molecule has 1 amide bonds. The normalized spacial score (nSPS) is 18.2. The minimum atomic E-state index is -0.874. The Morgan fingerprint density at radius 1 is 1.38 bits per heavy atom. The highest BCUT2D eigenvalue weighted by Crippen LogP contribution is 2.27. The van der Waals surface area contributed by atoms with Gasteiger partial charge in [0, 0.05) is 18.7 Å². The van der Waals surface area contributed by atoms with Crippen LogP contribution in [0.3, 0.4) is 0 Å². The van der Waals surface area contributed by atoms with Crippen molar-refractivity contribution in [2.45, 2.75) is 26.1 Å². The number of ether oxygens (including phenoxy) is 2. The zero-order valence-electron chi connectivity index (χ0n) is 12.2. The summed E-state index contributed by atoms with van der Waals surface area (Å²) in [5, 5.41) is 9.67. The molecule has 0 bridgehead atoms. The van der Waals surface area contributed by atoms with Crippen LogP contribution in [0.1, 0.15) is 25.5 Å². The van der Waals surface area contributed by atoms with Crippen molar-refractivity contribution in [2.75, 3.05) is 26.3 Å². The molecule has 1 aromatic rings. The van der Waals surface area contributed by atoms with E-state index in [-0.39, 0.29) is 5.91 Å². The minimum Gasteiger partial charge on any atom is -0.481 e. The highest BCUT2D eigenvalue weighted by Gasteiger charge is 2.25. The number of benzene rings is 1. The van der Waals surface area contributed by atoms with Crippen LogP contribution >= 0.6 is 0 Å². The molecule has 6 heteroatoms. The van der Waals surface area contributed by atoms with E-state index >= 15 is 0 Å². The number of rotatable bonds is 4. The van der Waals surface area contributed by atoms with Crippen LogP contribution in [0.5, 0.6) is 5.75 Å². The summed E-state index contributed by atoms with van der Waals surface area (Å²) < 4.78 is 24.1. The lowest BCUT2D eigenvalue weighted by Crippen LogP contribution is -2.46. The van der Waals surface area contributed by atoms with Crippen LogP contribution in [0.4, 0.5) is 4.39 Å². The van der Waals surface area contributed by atoms with Crippen molar-refractivity contribution in [3.05, 3.63) is 29.6 Å². The zero-order valence-corrected chi connectivity index (χ0v) is 12.2. The average molecular weight is 297 g/mol. The van der Waals surface area contributed by atoms with Crippen LogP contribution in [0.15, 0.2) is 18.2 Å². The van der Waals surface area contributed by atoms with E-state index in [2.05, 4.69) is 0 Å². The van der Waals surface area contributed by atoms with Gasteiger partial charge in [-0.25, -0.2) is 4.39 Å². The van der Waals surface area contributed by atoms with Crippen LogP contribution in [0.25, 0.3) is 0 Å². The van der Waals surface area contributed by atoms with E-state index in [1.807, 2.05) is 0 Å². The summed E-state index contributed by atoms with van der Waals surface area (Å²) in [5.41, 5.74) is 0.330. The molecule has 0 spiro atoms. The number of halogens is 1. The number of aliphatic hydroxyl groups excluding tert-OH is 1. The standard InChI is InChI=1S/C15H20FNO4/c1-10(18)13-9-12(16)3-4-14(13)21-11(2)15(19)17-5-7-20-8-6-17/h3-4,9-11,18H,5-8H2,1-2H3/t10-,11?/m1/s1. The summed E-state index contributed by atoms with van der Waals surface area (Å²) in [4.78, 5) is 13.9. The van der Waals surface area contributed by atoms with Gasteiger partial charge in [-0.05, 0) is 32.0 Å². The largest absolute Gasteiger partial charge is 0.481 e. The summed E-state index contributed by atoms with van der Waals surface area (Å²) in [6, 6.07) is 3.89. The van der Waals surface area contributed by atoms with Crippen molar-refractivity contribution in [3.63, 3.8) is 0 Å². The van der Waals surface area contributed by atoms with Crippen molar-refractivity contribution in [1.82, 2.24) is 4.90 Å². The highest BCUT2D eigenvalue weighted by molar-refractivity contribution is 5.81. The number of carbonyl (C=O) groups excluding carboxylic acids is 1. The molecule has 1 saturated heterocycles. The van der Waals surface area contributed by atoms with E-state index in [4.69, 9.17) is 9.47 Å². The highest BCUT2D eigenvalue weighted by atomic mass is 19.1. The summed E-state index contributed by atoms with van der Waals surface area (Å²) in [6.07, 6.45) is -1.58. The molecule has 1 N–H and O–H groups in total. The van der Waals surface area contributed by atoms with Gasteiger partial charge in [-0.15, -0.1) is 0 Å². The molecular formula is C15H20FNO4. The fourth-order valence-corrected chi connectivity index (χ4v) is 2.23. The van der Waals surface area contributed by atoms with E-state index < -0.39 is 18.0 Å². The number of nitrogens with zero attached hydrogens (tertiary/aromatic N) is 1. The first-order valence-corrected chi connectivity index (χ1v) is 6.99. The summed E-state index contributed by atoms with van der Waals surface area (Å²) in [7, 11) is 0. The molecule has 2 atom stereocenters. The molecule has 1 aromatic carbocycles. The average Bonchev–Trinajstić information content (AvgIpc) is 2.49. The van der Waals surface area contributed by atoms with E-state index in [9.17, 15) is 14.3 Å². The molecule has 0 saturated carbocycles. The van der Waals surface area contributed by atoms with Gasteiger partial charge in [-0.3, -0.25) is 4.79 Å². The Morgan fingerprint density at radius 2 is 2.05 bits per heavy atom. The maximum absolute atomic E-state index is 13.2. The summed E-state index contributed by atoms with van der Waals surface area (Å²) in [6.45, 7) is 5.29. The lowest BCUT2D eigenvalue weighted by Gasteiger charge is -2.29. The van der Waals surface area contributed by atoms with Gasteiger partial charge in [0.1, 0.15) is 11.6 Å². The maximum Gasteiger partial charge on any atom is 0.263 e. The van der Waals surface area contributed by atoms with Gasteiger partial charge in [0.15, 0.2) is 6.10 Å². The third-order valence-corrected chi connectivity index (χ3v) is 3.40. The molecule has 1 fully saturated rings. The SMILES string of the molecule is CC(Oc1ccc(F)cc1[C@@H](C)O)C(=O)N1CCOCC1. The fraction of sp³-hybridized carbons (Fsp3) is 0.533. The Morgan fingerprint density at radius 3 is 2.67 bits per heavy atom. The molecule has 1 aliphatic heterocycles. The molecule has 1 heterocycles. The summed E-state index contributed by atoms with van der Waals surface area (Å²) in [5.74, 6) is -0.273. The Bertz CT molecular complexity index is 500. The fourth-order valence-electron chi connectivity index (χ4n) is 2.23. The molecule has 0 radical (unpaired) electrons. The lowest BCUT2D eigenvalue weighted by atomic mass is 10.1. The van der Waals surface area contributed by atoms with E-state index in [1.54, 1.807) is 11.8 Å². The van der Waals surface area contributed by atoms with Gasteiger partial charge >= 0.3 is 0 Å². The molecule has 2 rings (SSSR count). The van der Waals surface area contributed by atoms with E-state index in [1.165, 1.54) is 25.1 Å². The second-order valence-electron chi connectivity index (χ2n) is 5.06. The Balaban J connectivity index is 2.08. The Labute approximate surface area is 123 Å². The summed E-state index contributed by atoms with van der Waals surface area (Å²) >= 11 is 0. The number of carbonyl (C=O) groups is 1. The number of hydrogen-bond acceptors (Lipinski definition) is 4. The molecule has 5 nitrogen and oxygen atoms in total. The third-order valence-electron chi connectivity index (χ3n) is 3.40. The quantitative estimate of drug-likeness (QED) is 0.915. The molecule has 0 aliphatic carbocycles. The predicted molar refractivity (Wildman–Crippen MR) is 74.5 cm³/mol. The maximum atomic E-state index is 13.2. The second-order valence-corrected chi connectivity index (χ2v) is 5.06. The van der Waals surface area contributed by atoms with Gasteiger partial charge < -0.3 is 19.5 Å². The second kappa shape index (κ2) is 6.87. The molecule has 21 heavy (non-hydrogen) atoms. The van der Waals surface area contributed by atoms with Crippen LogP contribution in [0, 0.1) is 5.82 Å². The molecule has 1 aliphatic rings. The molecule has 1 unspecified atom stereocenters. The smallest absolute Gasteiger partial charge is 0.263 e. The first kappa shape index (κ1) is 15.7. The predicted octanol–water partition coefficient (Wildman–Crippen LogP) is 1.51. The van der Waals surface area contributed by atoms with Gasteiger partial charge in [-0.1, -0.05) is 0 Å². The van der Waals surface area contributed by atoms with E-state index in [0.717, 1.165) is 0 Å². The van der Waals surface area contributed by atoms with Crippen molar-refractivity contribution in [3.8, 4) is 5.75 Å². The van der Waals surface area contributed by atoms with Crippen LogP contribution in [-0.2, 0) is 9.53 Å². The van der Waals surface area contributed by atoms with E-state index in [0.29, 0.717) is 37.6 Å². The first-order chi connectivity index (χ1) is 9.99. The zero-order chi connectivity index (χ0) is 15.4. The van der Waals surface area contributed by atoms with Gasteiger partial charge in [0.05, 0.1) is 19.3 Å². The van der Waals surface area contributed by atoms with Crippen molar-refractivity contribution in [2.24, 2.45) is 0 Å². The van der Waals surface area contributed by atoms with Crippen LogP contribution in [0.2, 0.25) is 0 Å². The van der Waals surface area contributed by atoms with Crippen LogP contribution in [-0.4, -0.2) is 48.3 Å². The number of aliphatic hydroxyl groups is 1. The minimum absolute atomic E-state index is 0.140. The van der Waals surface area contributed by atoms with Crippen LogP contribution < -0.4 is 4.74 Å².